The Kier molecular flexibility index (Phi) is 4.55. The Bertz CT molecular complexity index is 312. The maximum Gasteiger partial charge on any atom is 0.0931 e. The van der Waals surface area contributed by atoms with Gasteiger partial charge in [-0.3, -0.25) is 0 Å². The fraction of sp³-hybridized carbons (Fsp3) is 0.600. The molecule has 0 aliphatic rings. The van der Waals surface area contributed by atoms with Crippen molar-refractivity contribution in [3.05, 3.63) is 21.3 Å². The van der Waals surface area contributed by atoms with E-state index in [0.717, 1.165) is 9.21 Å². The summed E-state index contributed by atoms with van der Waals surface area (Å²) in [6, 6.07) is 3.85. The van der Waals surface area contributed by atoms with Crippen LogP contribution >= 0.6 is 22.9 Å². The number of aliphatic hydroxyl groups excluding tert-OH is 2. The molecular formula is C10H16ClNO2S. The molecule has 3 nitrogen and oxygen atoms in total. The van der Waals surface area contributed by atoms with E-state index in [1.807, 2.05) is 19.1 Å². The monoisotopic (exact) mass is 249 g/mol. The van der Waals surface area contributed by atoms with Crippen molar-refractivity contribution in [3.8, 4) is 0 Å². The van der Waals surface area contributed by atoms with Crippen LogP contribution in [0.4, 0.5) is 0 Å². The van der Waals surface area contributed by atoms with E-state index in [1.165, 1.54) is 11.3 Å². The number of nitrogens with one attached hydrogen (secondary N) is 1. The minimum atomic E-state index is -0.657. The van der Waals surface area contributed by atoms with Crippen LogP contribution < -0.4 is 5.32 Å². The second kappa shape index (κ2) is 5.27. The Balaban J connectivity index is 2.66. The molecular weight excluding hydrogens is 234 g/mol. The van der Waals surface area contributed by atoms with Crippen molar-refractivity contribution in [1.82, 2.24) is 5.32 Å². The molecule has 1 heterocycles. The number of rotatable bonds is 5. The molecule has 1 aromatic heterocycles. The molecule has 86 valence electrons. The van der Waals surface area contributed by atoms with Gasteiger partial charge in [0.25, 0.3) is 0 Å². The molecule has 1 unspecified atom stereocenters. The van der Waals surface area contributed by atoms with Gasteiger partial charge in [-0.2, -0.15) is 0 Å². The topological polar surface area (TPSA) is 52.5 Å². The molecule has 0 amide bonds. The highest BCUT2D eigenvalue weighted by atomic mass is 35.5. The molecule has 0 radical (unpaired) electrons. The van der Waals surface area contributed by atoms with Crippen molar-refractivity contribution < 1.29 is 10.2 Å². The van der Waals surface area contributed by atoms with Crippen molar-refractivity contribution in [3.63, 3.8) is 0 Å². The van der Waals surface area contributed by atoms with Crippen molar-refractivity contribution in [1.29, 1.82) is 0 Å². The van der Waals surface area contributed by atoms with Crippen molar-refractivity contribution in [2.45, 2.75) is 25.4 Å². The molecule has 1 aromatic rings. The summed E-state index contributed by atoms with van der Waals surface area (Å²) in [4.78, 5) is 1.09. The lowest BCUT2D eigenvalue weighted by Gasteiger charge is -2.29. The predicted molar refractivity (Wildman–Crippen MR) is 63.5 cm³/mol. The molecule has 0 saturated heterocycles. The van der Waals surface area contributed by atoms with E-state index >= 15 is 0 Å². The number of aliphatic hydroxyl groups is 2. The van der Waals surface area contributed by atoms with Crippen LogP contribution in [-0.2, 0) is 0 Å². The second-order valence-corrected chi connectivity index (χ2v) is 5.63. The summed E-state index contributed by atoms with van der Waals surface area (Å²) in [5, 5.41) is 21.5. The quantitative estimate of drug-likeness (QED) is 0.746. The minimum absolute atomic E-state index is 0.0619. The Morgan fingerprint density at radius 1 is 1.47 bits per heavy atom. The summed E-state index contributed by atoms with van der Waals surface area (Å²) < 4.78 is 0.744. The van der Waals surface area contributed by atoms with Crippen molar-refractivity contribution >= 4 is 22.9 Å². The zero-order valence-corrected chi connectivity index (χ0v) is 10.4. The first-order chi connectivity index (χ1) is 7.00. The average molecular weight is 250 g/mol. The Morgan fingerprint density at radius 3 is 2.47 bits per heavy atom. The van der Waals surface area contributed by atoms with Gasteiger partial charge in [-0.25, -0.2) is 0 Å². The van der Waals surface area contributed by atoms with E-state index in [4.69, 9.17) is 21.8 Å². The van der Waals surface area contributed by atoms with Crippen LogP contribution in [0.15, 0.2) is 12.1 Å². The number of thiophene rings is 1. The van der Waals surface area contributed by atoms with Crippen LogP contribution in [0.5, 0.6) is 0 Å². The smallest absolute Gasteiger partial charge is 0.0931 e. The Morgan fingerprint density at radius 2 is 2.07 bits per heavy atom. The molecule has 3 N–H and O–H groups in total. The number of halogens is 1. The lowest BCUT2D eigenvalue weighted by Crippen LogP contribution is -2.49. The molecule has 0 aromatic carbocycles. The van der Waals surface area contributed by atoms with Crippen LogP contribution in [0.25, 0.3) is 0 Å². The first kappa shape index (κ1) is 12.9. The summed E-state index contributed by atoms with van der Waals surface area (Å²) in [6.45, 7) is 3.55. The van der Waals surface area contributed by atoms with Crippen LogP contribution in [-0.4, -0.2) is 29.0 Å². The molecule has 0 bridgehead atoms. The van der Waals surface area contributed by atoms with Gasteiger partial charge in [-0.15, -0.1) is 11.3 Å². The van der Waals surface area contributed by atoms with Crippen molar-refractivity contribution in [2.24, 2.45) is 0 Å². The molecule has 1 rings (SSSR count). The van der Waals surface area contributed by atoms with Gasteiger partial charge in [0.05, 0.1) is 23.1 Å². The summed E-state index contributed by atoms with van der Waals surface area (Å²) in [7, 11) is 0. The summed E-state index contributed by atoms with van der Waals surface area (Å²) >= 11 is 7.33. The maximum absolute atomic E-state index is 9.14. The van der Waals surface area contributed by atoms with Crippen molar-refractivity contribution in [2.75, 3.05) is 13.2 Å². The van der Waals surface area contributed by atoms with Crippen LogP contribution in [0.2, 0.25) is 4.34 Å². The highest BCUT2D eigenvalue weighted by Gasteiger charge is 2.25. The normalized spacial score (nSPS) is 14.2. The van der Waals surface area contributed by atoms with E-state index < -0.39 is 5.54 Å². The van der Waals surface area contributed by atoms with E-state index in [2.05, 4.69) is 5.32 Å². The van der Waals surface area contributed by atoms with E-state index in [9.17, 15) is 0 Å². The summed E-state index contributed by atoms with van der Waals surface area (Å²) in [5.74, 6) is 0. The number of hydrogen-bond donors (Lipinski definition) is 3. The highest BCUT2D eigenvalue weighted by Crippen LogP contribution is 2.27. The number of hydrogen-bond acceptors (Lipinski definition) is 4. The fourth-order valence-corrected chi connectivity index (χ4v) is 2.36. The fourth-order valence-electron chi connectivity index (χ4n) is 1.30. The van der Waals surface area contributed by atoms with Gasteiger partial charge in [-0.1, -0.05) is 11.6 Å². The molecule has 0 aliphatic heterocycles. The Labute approximate surface area is 98.7 Å². The zero-order chi connectivity index (χ0) is 11.5. The first-order valence-electron chi connectivity index (χ1n) is 4.75. The van der Waals surface area contributed by atoms with Gasteiger partial charge >= 0.3 is 0 Å². The van der Waals surface area contributed by atoms with Crippen LogP contribution in [0.3, 0.4) is 0 Å². The molecule has 0 saturated carbocycles. The van der Waals surface area contributed by atoms with Crippen LogP contribution in [0, 0.1) is 0 Å². The third-order valence-electron chi connectivity index (χ3n) is 2.28. The summed E-state index contributed by atoms with van der Waals surface area (Å²) in [6.07, 6.45) is 0. The van der Waals surface area contributed by atoms with Gasteiger partial charge in [0.1, 0.15) is 0 Å². The van der Waals surface area contributed by atoms with Gasteiger partial charge in [-0.05, 0) is 26.0 Å². The maximum atomic E-state index is 9.14. The third kappa shape index (κ3) is 3.43. The molecule has 0 aliphatic carbocycles. The van der Waals surface area contributed by atoms with E-state index in [0.29, 0.717) is 0 Å². The van der Waals surface area contributed by atoms with E-state index in [1.54, 1.807) is 6.92 Å². The average Bonchev–Trinajstić information content (AvgIpc) is 2.65. The van der Waals surface area contributed by atoms with Gasteiger partial charge in [0.15, 0.2) is 0 Å². The molecule has 15 heavy (non-hydrogen) atoms. The third-order valence-corrected chi connectivity index (χ3v) is 3.70. The molecule has 0 spiro atoms. The SMILES string of the molecule is CC(NC(C)(CO)CO)c1ccc(Cl)s1. The highest BCUT2D eigenvalue weighted by molar-refractivity contribution is 7.16. The Hall–Kier alpha value is -0.130. The second-order valence-electron chi connectivity index (χ2n) is 3.88. The minimum Gasteiger partial charge on any atom is -0.394 e. The van der Waals surface area contributed by atoms with Gasteiger partial charge in [0, 0.05) is 10.9 Å². The molecule has 5 heteroatoms. The van der Waals surface area contributed by atoms with Gasteiger partial charge in [0.2, 0.25) is 0 Å². The lowest BCUT2D eigenvalue weighted by molar-refractivity contribution is 0.0961. The standard InChI is InChI=1S/C10H16ClNO2S/c1-7(8-3-4-9(11)15-8)12-10(2,5-13)6-14/h3-4,7,12-14H,5-6H2,1-2H3. The lowest BCUT2D eigenvalue weighted by atomic mass is 10.0. The molecule has 1 atom stereocenters. The zero-order valence-electron chi connectivity index (χ0n) is 8.83. The summed E-state index contributed by atoms with van der Waals surface area (Å²) in [5.41, 5.74) is -0.657. The largest absolute Gasteiger partial charge is 0.394 e. The first-order valence-corrected chi connectivity index (χ1v) is 5.95. The van der Waals surface area contributed by atoms with Gasteiger partial charge < -0.3 is 15.5 Å². The predicted octanol–water partition coefficient (Wildman–Crippen LogP) is 1.80. The van der Waals surface area contributed by atoms with E-state index in [-0.39, 0.29) is 19.3 Å². The molecule has 0 fully saturated rings. The van der Waals surface area contributed by atoms with Crippen LogP contribution in [0.1, 0.15) is 24.8 Å².